The highest BCUT2D eigenvalue weighted by Crippen LogP contribution is 2.20. The number of amides is 2. The second kappa shape index (κ2) is 4.43. The summed E-state index contributed by atoms with van der Waals surface area (Å²) in [6.07, 6.45) is 2.19. The molecule has 16 heavy (non-hydrogen) atoms. The fourth-order valence-corrected chi connectivity index (χ4v) is 1.91. The highest BCUT2D eigenvalue weighted by Gasteiger charge is 2.18. The Morgan fingerprint density at radius 3 is 2.69 bits per heavy atom. The van der Waals surface area contributed by atoms with E-state index in [0.717, 1.165) is 31.5 Å². The Hall–Kier alpha value is -1.71. The lowest BCUT2D eigenvalue weighted by Crippen LogP contribution is -2.32. The van der Waals surface area contributed by atoms with Crippen LogP contribution in [0.15, 0.2) is 18.2 Å². The van der Waals surface area contributed by atoms with Gasteiger partial charge in [-0.2, -0.15) is 0 Å². The Bertz CT molecular complexity index is 397. The Morgan fingerprint density at radius 1 is 1.38 bits per heavy atom. The Kier molecular flexibility index (Phi) is 2.99. The van der Waals surface area contributed by atoms with Gasteiger partial charge in [-0.15, -0.1) is 0 Å². The van der Waals surface area contributed by atoms with E-state index in [1.54, 1.807) is 0 Å². The predicted octanol–water partition coefficient (Wildman–Crippen LogP) is 2.20. The lowest BCUT2D eigenvalue weighted by atomic mass is 10.2. The van der Waals surface area contributed by atoms with Gasteiger partial charge in [-0.05, 0) is 37.5 Å². The maximum absolute atomic E-state index is 11.8. The van der Waals surface area contributed by atoms with E-state index in [9.17, 15) is 4.79 Å². The number of likely N-dealkylation sites (tertiary alicyclic amines) is 1. The van der Waals surface area contributed by atoms with Crippen LogP contribution in [0.5, 0.6) is 0 Å². The zero-order valence-electron chi connectivity index (χ0n) is 9.49. The Morgan fingerprint density at radius 2 is 2.06 bits per heavy atom. The molecule has 0 saturated carbocycles. The summed E-state index contributed by atoms with van der Waals surface area (Å²) in [6.45, 7) is 3.66. The molecule has 0 aromatic heterocycles. The summed E-state index contributed by atoms with van der Waals surface area (Å²) in [5.74, 6) is 0. The van der Waals surface area contributed by atoms with Crippen molar-refractivity contribution in [3.05, 3.63) is 23.8 Å². The fraction of sp³-hybridized carbons (Fsp3) is 0.417. The molecule has 2 rings (SSSR count). The van der Waals surface area contributed by atoms with Crippen molar-refractivity contribution >= 4 is 17.4 Å². The van der Waals surface area contributed by atoms with Crippen LogP contribution in [0.25, 0.3) is 0 Å². The van der Waals surface area contributed by atoms with Crippen LogP contribution in [-0.2, 0) is 0 Å². The van der Waals surface area contributed by atoms with E-state index >= 15 is 0 Å². The smallest absolute Gasteiger partial charge is 0.321 e. The van der Waals surface area contributed by atoms with Gasteiger partial charge in [0.2, 0.25) is 0 Å². The number of aryl methyl sites for hydroxylation is 1. The van der Waals surface area contributed by atoms with E-state index in [1.165, 1.54) is 0 Å². The van der Waals surface area contributed by atoms with Crippen molar-refractivity contribution in [1.82, 2.24) is 4.90 Å². The zero-order chi connectivity index (χ0) is 11.5. The van der Waals surface area contributed by atoms with Crippen LogP contribution in [-0.4, -0.2) is 24.0 Å². The molecular formula is C12H17N3O. The van der Waals surface area contributed by atoms with E-state index < -0.39 is 0 Å². The molecule has 0 bridgehead atoms. The molecule has 4 heteroatoms. The molecule has 0 radical (unpaired) electrons. The van der Waals surface area contributed by atoms with E-state index in [-0.39, 0.29) is 6.03 Å². The number of nitrogens with zero attached hydrogens (tertiary/aromatic N) is 1. The van der Waals surface area contributed by atoms with Gasteiger partial charge in [-0.25, -0.2) is 4.79 Å². The minimum atomic E-state index is -0.0481. The van der Waals surface area contributed by atoms with Crippen LogP contribution in [0.2, 0.25) is 0 Å². The van der Waals surface area contributed by atoms with Gasteiger partial charge in [-0.1, -0.05) is 6.07 Å². The molecule has 86 valence electrons. The molecule has 0 unspecified atom stereocenters. The molecule has 1 aromatic carbocycles. The molecule has 1 aliphatic heterocycles. The third kappa shape index (κ3) is 2.27. The molecule has 1 heterocycles. The molecule has 1 aliphatic rings. The van der Waals surface area contributed by atoms with Crippen LogP contribution in [0.3, 0.4) is 0 Å². The van der Waals surface area contributed by atoms with Crippen molar-refractivity contribution in [1.29, 1.82) is 0 Å². The van der Waals surface area contributed by atoms with Crippen molar-refractivity contribution in [2.24, 2.45) is 0 Å². The highest BCUT2D eigenvalue weighted by molar-refractivity contribution is 5.92. The molecule has 3 N–H and O–H groups in total. The minimum absolute atomic E-state index is 0.0481. The first kappa shape index (κ1) is 10.8. The molecule has 0 spiro atoms. The zero-order valence-corrected chi connectivity index (χ0v) is 9.49. The first-order chi connectivity index (χ1) is 7.66. The SMILES string of the molecule is Cc1ccc(NC(=O)N2CCCC2)c(N)c1. The van der Waals surface area contributed by atoms with Crippen molar-refractivity contribution in [3.8, 4) is 0 Å². The number of benzene rings is 1. The summed E-state index contributed by atoms with van der Waals surface area (Å²) >= 11 is 0. The second-order valence-electron chi connectivity index (χ2n) is 4.22. The van der Waals surface area contributed by atoms with Crippen LogP contribution < -0.4 is 11.1 Å². The summed E-state index contributed by atoms with van der Waals surface area (Å²) in [6, 6.07) is 5.60. The summed E-state index contributed by atoms with van der Waals surface area (Å²) in [4.78, 5) is 13.6. The Balaban J connectivity index is 2.05. The molecule has 4 nitrogen and oxygen atoms in total. The highest BCUT2D eigenvalue weighted by atomic mass is 16.2. The number of hydrogen-bond donors (Lipinski definition) is 2. The molecular weight excluding hydrogens is 202 g/mol. The maximum Gasteiger partial charge on any atom is 0.321 e. The number of anilines is 2. The predicted molar refractivity (Wildman–Crippen MR) is 65.4 cm³/mol. The van der Waals surface area contributed by atoms with Crippen LogP contribution in [0.1, 0.15) is 18.4 Å². The number of nitrogens with one attached hydrogen (secondary N) is 1. The monoisotopic (exact) mass is 219 g/mol. The third-order valence-electron chi connectivity index (χ3n) is 2.84. The number of nitrogen functional groups attached to an aromatic ring is 1. The maximum atomic E-state index is 11.8. The molecule has 2 amide bonds. The molecule has 1 aromatic rings. The number of nitrogens with two attached hydrogens (primary N) is 1. The molecule has 1 saturated heterocycles. The summed E-state index contributed by atoms with van der Waals surface area (Å²) < 4.78 is 0. The number of carbonyl (C=O) groups is 1. The average Bonchev–Trinajstić information content (AvgIpc) is 2.75. The van der Waals surface area contributed by atoms with Gasteiger partial charge in [0.15, 0.2) is 0 Å². The molecule has 1 fully saturated rings. The van der Waals surface area contributed by atoms with Crippen molar-refractivity contribution in [2.75, 3.05) is 24.1 Å². The van der Waals surface area contributed by atoms with Crippen LogP contribution >= 0.6 is 0 Å². The van der Waals surface area contributed by atoms with Gasteiger partial charge in [0.05, 0.1) is 11.4 Å². The van der Waals surface area contributed by atoms with Crippen LogP contribution in [0, 0.1) is 6.92 Å². The summed E-state index contributed by atoms with van der Waals surface area (Å²) in [7, 11) is 0. The molecule has 0 atom stereocenters. The van der Waals surface area contributed by atoms with E-state index in [2.05, 4.69) is 5.32 Å². The van der Waals surface area contributed by atoms with E-state index in [4.69, 9.17) is 5.73 Å². The molecule has 0 aliphatic carbocycles. The lowest BCUT2D eigenvalue weighted by Gasteiger charge is -2.17. The van der Waals surface area contributed by atoms with Crippen molar-refractivity contribution < 1.29 is 4.79 Å². The van der Waals surface area contributed by atoms with Crippen molar-refractivity contribution in [3.63, 3.8) is 0 Å². The van der Waals surface area contributed by atoms with Gasteiger partial charge < -0.3 is 16.0 Å². The van der Waals surface area contributed by atoms with E-state index in [1.807, 2.05) is 30.0 Å². The van der Waals surface area contributed by atoms with Gasteiger partial charge in [-0.3, -0.25) is 0 Å². The minimum Gasteiger partial charge on any atom is -0.397 e. The third-order valence-corrected chi connectivity index (χ3v) is 2.84. The standard InChI is InChI=1S/C12H17N3O/c1-9-4-5-11(10(13)8-9)14-12(16)15-6-2-3-7-15/h4-5,8H,2-3,6-7,13H2,1H3,(H,14,16). The number of carbonyl (C=O) groups excluding carboxylic acids is 1. The average molecular weight is 219 g/mol. The normalized spacial score (nSPS) is 15.2. The van der Waals surface area contributed by atoms with Gasteiger partial charge in [0.25, 0.3) is 0 Å². The fourth-order valence-electron chi connectivity index (χ4n) is 1.91. The number of urea groups is 1. The topological polar surface area (TPSA) is 58.4 Å². The van der Waals surface area contributed by atoms with E-state index in [0.29, 0.717) is 11.4 Å². The summed E-state index contributed by atoms with van der Waals surface area (Å²) in [5.41, 5.74) is 8.24. The van der Waals surface area contributed by atoms with Gasteiger partial charge >= 0.3 is 6.03 Å². The van der Waals surface area contributed by atoms with Crippen molar-refractivity contribution in [2.45, 2.75) is 19.8 Å². The first-order valence-electron chi connectivity index (χ1n) is 5.59. The summed E-state index contributed by atoms with van der Waals surface area (Å²) in [5, 5.41) is 2.84. The van der Waals surface area contributed by atoms with Gasteiger partial charge in [0.1, 0.15) is 0 Å². The van der Waals surface area contributed by atoms with Gasteiger partial charge in [0, 0.05) is 13.1 Å². The Labute approximate surface area is 95.4 Å². The number of rotatable bonds is 1. The first-order valence-corrected chi connectivity index (χ1v) is 5.59. The largest absolute Gasteiger partial charge is 0.397 e. The van der Waals surface area contributed by atoms with Crippen LogP contribution in [0.4, 0.5) is 16.2 Å². The quantitative estimate of drug-likeness (QED) is 0.711. The second-order valence-corrected chi connectivity index (χ2v) is 4.22. The number of hydrogen-bond acceptors (Lipinski definition) is 2. The lowest BCUT2D eigenvalue weighted by molar-refractivity contribution is 0.222.